The minimum absolute atomic E-state index is 0.0779. The van der Waals surface area contributed by atoms with E-state index in [0.717, 1.165) is 16.5 Å². The molecule has 0 atom stereocenters. The van der Waals surface area contributed by atoms with Gasteiger partial charge in [0.2, 0.25) is 5.82 Å². The molecule has 0 aliphatic carbocycles. The van der Waals surface area contributed by atoms with Crippen LogP contribution in [0.15, 0.2) is 53.4 Å². The van der Waals surface area contributed by atoms with Gasteiger partial charge in [-0.1, -0.05) is 16.8 Å². The van der Waals surface area contributed by atoms with E-state index in [1.165, 1.54) is 0 Å². The van der Waals surface area contributed by atoms with Crippen LogP contribution < -0.4 is 5.32 Å². The van der Waals surface area contributed by atoms with Gasteiger partial charge in [-0.3, -0.25) is 9.78 Å². The van der Waals surface area contributed by atoms with Gasteiger partial charge in [0, 0.05) is 46.6 Å². The summed E-state index contributed by atoms with van der Waals surface area (Å²) in [5, 5.41) is 8.31. The first kappa shape index (κ1) is 16.3. The van der Waals surface area contributed by atoms with Gasteiger partial charge in [0.25, 0.3) is 0 Å². The van der Waals surface area contributed by atoms with Crippen molar-refractivity contribution >= 4 is 28.4 Å². The van der Waals surface area contributed by atoms with Crippen molar-refractivity contribution in [1.82, 2.24) is 25.4 Å². The fourth-order valence-electron chi connectivity index (χ4n) is 2.67. The zero-order valence-electron chi connectivity index (χ0n) is 13.6. The number of pyridine rings is 1. The van der Waals surface area contributed by atoms with E-state index >= 15 is 0 Å². The van der Waals surface area contributed by atoms with Gasteiger partial charge in [-0.2, -0.15) is 4.98 Å². The van der Waals surface area contributed by atoms with Gasteiger partial charge in [-0.05, 0) is 42.3 Å². The monoisotopic (exact) mass is 367 g/mol. The maximum atomic E-state index is 12.2. The lowest BCUT2D eigenvalue weighted by Gasteiger charge is -2.02. The number of aromatic amines is 1. The van der Waals surface area contributed by atoms with Crippen molar-refractivity contribution in [2.45, 2.75) is 6.42 Å². The highest BCUT2D eigenvalue weighted by Gasteiger charge is 2.16. The van der Waals surface area contributed by atoms with E-state index in [4.69, 9.17) is 16.1 Å². The summed E-state index contributed by atoms with van der Waals surface area (Å²) in [5.41, 5.74) is 2.77. The molecule has 130 valence electrons. The molecule has 0 saturated heterocycles. The highest BCUT2D eigenvalue weighted by molar-refractivity contribution is 6.31. The molecule has 1 amide bonds. The van der Waals surface area contributed by atoms with Crippen LogP contribution in [0.25, 0.3) is 22.3 Å². The summed E-state index contributed by atoms with van der Waals surface area (Å²) in [5.74, 6) is -0.161. The van der Waals surface area contributed by atoms with Gasteiger partial charge in [0.05, 0.1) is 0 Å². The Kier molecular flexibility index (Phi) is 4.37. The van der Waals surface area contributed by atoms with E-state index in [0.29, 0.717) is 29.4 Å². The van der Waals surface area contributed by atoms with Crippen LogP contribution in [0.3, 0.4) is 0 Å². The number of nitrogens with zero attached hydrogens (tertiary/aromatic N) is 3. The number of hydrogen-bond donors (Lipinski definition) is 2. The van der Waals surface area contributed by atoms with Crippen LogP contribution >= 0.6 is 11.6 Å². The summed E-state index contributed by atoms with van der Waals surface area (Å²) >= 11 is 6.05. The summed E-state index contributed by atoms with van der Waals surface area (Å²) in [6.07, 6.45) is 5.82. The first-order chi connectivity index (χ1) is 12.7. The molecule has 0 bridgehead atoms. The third-order valence-corrected chi connectivity index (χ3v) is 4.18. The molecule has 0 aliphatic rings. The van der Waals surface area contributed by atoms with Gasteiger partial charge in [-0.15, -0.1) is 0 Å². The predicted molar refractivity (Wildman–Crippen MR) is 96.9 cm³/mol. The average molecular weight is 368 g/mol. The standard InChI is InChI=1S/C18H14ClN5O2/c19-13-3-4-15-14(8-13)11(10-22-15)5-7-21-17(25)18-23-16(24-26-18)12-2-1-6-20-9-12/h1-4,6,8-10,22H,5,7H2,(H,21,25). The Balaban J connectivity index is 1.40. The number of nitrogens with one attached hydrogen (secondary N) is 2. The van der Waals surface area contributed by atoms with Crippen LogP contribution in [0.2, 0.25) is 5.02 Å². The lowest BCUT2D eigenvalue weighted by Crippen LogP contribution is -2.25. The van der Waals surface area contributed by atoms with Gasteiger partial charge in [-0.25, -0.2) is 0 Å². The Morgan fingerprint density at radius 1 is 1.31 bits per heavy atom. The van der Waals surface area contributed by atoms with Crippen LogP contribution in [0.4, 0.5) is 0 Å². The van der Waals surface area contributed by atoms with Crippen molar-refractivity contribution in [2.75, 3.05) is 6.54 Å². The van der Waals surface area contributed by atoms with Crippen LogP contribution in [0.1, 0.15) is 16.2 Å². The van der Waals surface area contributed by atoms with E-state index in [1.54, 1.807) is 24.5 Å². The molecule has 4 aromatic rings. The van der Waals surface area contributed by atoms with E-state index in [9.17, 15) is 4.79 Å². The molecule has 26 heavy (non-hydrogen) atoms. The minimum Gasteiger partial charge on any atom is -0.361 e. The SMILES string of the molecule is O=C(NCCc1c[nH]c2ccc(Cl)cc12)c1nc(-c2cccnc2)no1. The highest BCUT2D eigenvalue weighted by atomic mass is 35.5. The fraction of sp³-hybridized carbons (Fsp3) is 0.111. The Labute approximate surface area is 153 Å². The zero-order chi connectivity index (χ0) is 17.9. The quantitative estimate of drug-likeness (QED) is 0.564. The zero-order valence-corrected chi connectivity index (χ0v) is 14.3. The molecular formula is C18H14ClN5O2. The molecule has 8 heteroatoms. The Morgan fingerprint density at radius 2 is 2.23 bits per heavy atom. The van der Waals surface area contributed by atoms with Crippen molar-refractivity contribution in [2.24, 2.45) is 0 Å². The smallest absolute Gasteiger partial charge is 0.316 e. The Morgan fingerprint density at radius 3 is 3.08 bits per heavy atom. The number of rotatable bonds is 5. The molecule has 0 saturated carbocycles. The largest absolute Gasteiger partial charge is 0.361 e. The number of amides is 1. The van der Waals surface area contributed by atoms with E-state index in [-0.39, 0.29) is 5.89 Å². The normalized spacial score (nSPS) is 11.0. The van der Waals surface area contributed by atoms with Crippen LogP contribution in [0.5, 0.6) is 0 Å². The van der Waals surface area contributed by atoms with Crippen molar-refractivity contribution in [3.63, 3.8) is 0 Å². The Hall–Kier alpha value is -3.19. The van der Waals surface area contributed by atoms with Crippen LogP contribution in [-0.4, -0.2) is 32.6 Å². The van der Waals surface area contributed by atoms with Gasteiger partial charge >= 0.3 is 11.8 Å². The number of halogens is 1. The second-order valence-corrected chi connectivity index (χ2v) is 6.11. The van der Waals surface area contributed by atoms with E-state index < -0.39 is 5.91 Å². The van der Waals surface area contributed by atoms with Crippen LogP contribution in [-0.2, 0) is 6.42 Å². The van der Waals surface area contributed by atoms with Gasteiger partial charge < -0.3 is 14.8 Å². The molecule has 4 rings (SSSR count). The highest BCUT2D eigenvalue weighted by Crippen LogP contribution is 2.22. The summed E-state index contributed by atoms with van der Waals surface area (Å²) in [6.45, 7) is 0.433. The van der Waals surface area contributed by atoms with Gasteiger partial charge in [0.1, 0.15) is 0 Å². The second kappa shape index (κ2) is 6.97. The molecular weight excluding hydrogens is 354 g/mol. The lowest BCUT2D eigenvalue weighted by atomic mass is 10.1. The molecule has 1 aromatic carbocycles. The number of benzene rings is 1. The molecule has 0 fully saturated rings. The summed E-state index contributed by atoms with van der Waals surface area (Å²) in [7, 11) is 0. The van der Waals surface area contributed by atoms with Crippen molar-refractivity contribution in [1.29, 1.82) is 0 Å². The molecule has 3 heterocycles. The van der Waals surface area contributed by atoms with Crippen molar-refractivity contribution in [3.05, 3.63) is 65.4 Å². The van der Waals surface area contributed by atoms with E-state index in [1.807, 2.05) is 24.4 Å². The number of H-pyrrole nitrogens is 1. The number of aromatic nitrogens is 4. The van der Waals surface area contributed by atoms with Crippen LogP contribution in [0, 0.1) is 0 Å². The predicted octanol–water partition coefficient (Wildman–Crippen LogP) is 3.24. The molecule has 0 unspecified atom stereocenters. The second-order valence-electron chi connectivity index (χ2n) is 5.67. The molecule has 2 N–H and O–H groups in total. The van der Waals surface area contributed by atoms with Gasteiger partial charge in [0.15, 0.2) is 0 Å². The molecule has 0 aliphatic heterocycles. The number of carbonyl (C=O) groups is 1. The number of fused-ring (bicyclic) bond motifs is 1. The van der Waals surface area contributed by atoms with E-state index in [2.05, 4.69) is 25.4 Å². The molecule has 7 nitrogen and oxygen atoms in total. The topological polar surface area (TPSA) is 96.7 Å². The first-order valence-corrected chi connectivity index (χ1v) is 8.36. The summed E-state index contributed by atoms with van der Waals surface area (Å²) in [4.78, 5) is 23.5. The lowest BCUT2D eigenvalue weighted by molar-refractivity contribution is 0.0910. The minimum atomic E-state index is -0.412. The fourth-order valence-corrected chi connectivity index (χ4v) is 2.84. The number of carbonyl (C=O) groups excluding carboxylic acids is 1. The molecule has 0 radical (unpaired) electrons. The summed E-state index contributed by atoms with van der Waals surface area (Å²) < 4.78 is 5.03. The third kappa shape index (κ3) is 3.29. The first-order valence-electron chi connectivity index (χ1n) is 7.98. The average Bonchev–Trinajstić information content (AvgIpc) is 3.30. The summed E-state index contributed by atoms with van der Waals surface area (Å²) in [6, 6.07) is 9.23. The van der Waals surface area contributed by atoms with Crippen molar-refractivity contribution < 1.29 is 9.32 Å². The maximum Gasteiger partial charge on any atom is 0.316 e. The molecule has 0 spiro atoms. The third-order valence-electron chi connectivity index (χ3n) is 3.95. The Bertz CT molecular complexity index is 1060. The maximum absolute atomic E-state index is 12.2. The van der Waals surface area contributed by atoms with Crippen molar-refractivity contribution in [3.8, 4) is 11.4 Å². The number of hydrogen-bond acceptors (Lipinski definition) is 5. The molecule has 3 aromatic heterocycles.